The number of hydrogen-bond acceptors (Lipinski definition) is 4. The smallest absolute Gasteiger partial charge is 0.308 e. The highest BCUT2D eigenvalue weighted by atomic mass is 16.5. The Balaban J connectivity index is 1.92. The first-order valence-electron chi connectivity index (χ1n) is 10.8. The second-order valence-corrected chi connectivity index (χ2v) is 7.62. The first-order valence-corrected chi connectivity index (χ1v) is 10.8. The number of nitrogens with one attached hydrogen (secondary N) is 1. The second kappa shape index (κ2) is 15.6. The first kappa shape index (κ1) is 22.4. The Morgan fingerprint density at radius 2 is 1.68 bits per heavy atom. The van der Waals surface area contributed by atoms with Crippen LogP contribution >= 0.6 is 0 Å². The Morgan fingerprint density at radius 1 is 0.960 bits per heavy atom. The summed E-state index contributed by atoms with van der Waals surface area (Å²) in [4.78, 5) is 12.1. The molecule has 4 heteroatoms. The minimum atomic E-state index is 0.0558. The summed E-state index contributed by atoms with van der Waals surface area (Å²) in [6.45, 7) is 4.74. The van der Waals surface area contributed by atoms with Crippen LogP contribution in [0.25, 0.3) is 0 Å². The average molecular weight is 356 g/mol. The molecule has 1 aliphatic rings. The van der Waals surface area contributed by atoms with Gasteiger partial charge in [0.1, 0.15) is 0 Å². The van der Waals surface area contributed by atoms with E-state index < -0.39 is 0 Å². The maximum absolute atomic E-state index is 12.1. The molecule has 0 heterocycles. The summed E-state index contributed by atoms with van der Waals surface area (Å²) in [7, 11) is 0. The van der Waals surface area contributed by atoms with Crippen molar-refractivity contribution < 1.29 is 14.6 Å². The van der Waals surface area contributed by atoms with Gasteiger partial charge in [-0.2, -0.15) is 0 Å². The molecule has 0 amide bonds. The zero-order chi connectivity index (χ0) is 18.2. The van der Waals surface area contributed by atoms with Crippen molar-refractivity contribution in [1.82, 2.24) is 5.32 Å². The van der Waals surface area contributed by atoms with Gasteiger partial charge in [0.05, 0.1) is 19.1 Å². The normalized spacial score (nSPS) is 20.6. The van der Waals surface area contributed by atoms with E-state index in [4.69, 9.17) is 9.84 Å². The molecule has 0 unspecified atom stereocenters. The van der Waals surface area contributed by atoms with E-state index in [1.807, 2.05) is 0 Å². The zero-order valence-corrected chi connectivity index (χ0v) is 16.4. The fourth-order valence-corrected chi connectivity index (χ4v) is 3.75. The maximum atomic E-state index is 12.1. The molecule has 1 fully saturated rings. The number of carbonyl (C=O) groups is 1. The molecule has 0 atom stereocenters. The molecule has 1 rings (SSSR count). The second-order valence-electron chi connectivity index (χ2n) is 7.62. The van der Waals surface area contributed by atoms with Crippen LogP contribution in [0.5, 0.6) is 0 Å². The minimum absolute atomic E-state index is 0.0558. The number of aliphatic hydroxyl groups is 1. The average Bonchev–Trinajstić information content (AvgIpc) is 2.64. The van der Waals surface area contributed by atoms with Crippen molar-refractivity contribution in [1.29, 1.82) is 0 Å². The molecule has 2 N–H and O–H groups in total. The summed E-state index contributed by atoms with van der Waals surface area (Å²) >= 11 is 0. The molecular weight excluding hydrogens is 314 g/mol. The van der Waals surface area contributed by atoms with Crippen LogP contribution < -0.4 is 5.32 Å². The van der Waals surface area contributed by atoms with Crippen molar-refractivity contribution in [3.63, 3.8) is 0 Å². The summed E-state index contributed by atoms with van der Waals surface area (Å²) in [5.74, 6) is 1.07. The fraction of sp³-hybridized carbons (Fsp3) is 0.952. The summed E-state index contributed by atoms with van der Waals surface area (Å²) in [6.07, 6.45) is 15.5. The maximum Gasteiger partial charge on any atom is 0.308 e. The van der Waals surface area contributed by atoms with E-state index in [1.54, 1.807) is 0 Å². The molecule has 0 saturated heterocycles. The van der Waals surface area contributed by atoms with Crippen molar-refractivity contribution in [2.45, 2.75) is 90.4 Å². The van der Waals surface area contributed by atoms with Gasteiger partial charge in [0.25, 0.3) is 0 Å². The van der Waals surface area contributed by atoms with Crippen molar-refractivity contribution in [2.24, 2.45) is 11.8 Å². The van der Waals surface area contributed by atoms with Crippen LogP contribution in [0.4, 0.5) is 0 Å². The Hall–Kier alpha value is -0.610. The molecule has 0 radical (unpaired) electrons. The van der Waals surface area contributed by atoms with Gasteiger partial charge in [-0.25, -0.2) is 0 Å². The van der Waals surface area contributed by atoms with Crippen LogP contribution in [0.15, 0.2) is 0 Å². The molecule has 0 bridgehead atoms. The lowest BCUT2D eigenvalue weighted by Gasteiger charge is -2.27. The first-order chi connectivity index (χ1) is 12.3. The molecule has 0 aromatic heterocycles. The molecule has 25 heavy (non-hydrogen) atoms. The summed E-state index contributed by atoms with van der Waals surface area (Å²) < 4.78 is 5.50. The van der Waals surface area contributed by atoms with Gasteiger partial charge in [-0.3, -0.25) is 4.79 Å². The molecule has 0 spiro atoms. The zero-order valence-electron chi connectivity index (χ0n) is 16.4. The van der Waals surface area contributed by atoms with E-state index in [2.05, 4.69) is 12.2 Å². The van der Waals surface area contributed by atoms with Crippen LogP contribution in [0, 0.1) is 11.8 Å². The summed E-state index contributed by atoms with van der Waals surface area (Å²) in [5, 5.41) is 11.8. The van der Waals surface area contributed by atoms with E-state index in [9.17, 15) is 4.79 Å². The van der Waals surface area contributed by atoms with Gasteiger partial charge in [0, 0.05) is 6.54 Å². The summed E-state index contributed by atoms with van der Waals surface area (Å²) in [6, 6.07) is 0. The number of esters is 1. The number of rotatable bonds is 15. The molecule has 1 saturated carbocycles. The van der Waals surface area contributed by atoms with E-state index in [-0.39, 0.29) is 18.5 Å². The Kier molecular flexibility index (Phi) is 14.0. The van der Waals surface area contributed by atoms with Crippen LogP contribution in [-0.4, -0.2) is 37.4 Å². The molecule has 148 valence electrons. The lowest BCUT2D eigenvalue weighted by molar-refractivity contribution is -0.150. The van der Waals surface area contributed by atoms with Crippen LogP contribution in [0.2, 0.25) is 0 Å². The largest absolute Gasteiger partial charge is 0.465 e. The Bertz CT molecular complexity index is 314. The van der Waals surface area contributed by atoms with Crippen molar-refractivity contribution >= 4 is 5.97 Å². The van der Waals surface area contributed by atoms with E-state index in [0.29, 0.717) is 13.2 Å². The monoisotopic (exact) mass is 355 g/mol. The highest BCUT2D eigenvalue weighted by Gasteiger charge is 2.26. The molecule has 1 aliphatic carbocycles. The topological polar surface area (TPSA) is 58.6 Å². The highest BCUT2D eigenvalue weighted by molar-refractivity contribution is 5.72. The number of aliphatic hydroxyl groups excluding tert-OH is 1. The third-order valence-electron chi connectivity index (χ3n) is 5.43. The third kappa shape index (κ3) is 11.6. The van der Waals surface area contributed by atoms with Gasteiger partial charge >= 0.3 is 5.97 Å². The summed E-state index contributed by atoms with van der Waals surface area (Å²) in [5.41, 5.74) is 0. The SMILES string of the molecule is CCCCCC1CCC(C(=O)OCCCCCCCNCCO)CC1. The molecule has 0 aromatic rings. The molecule has 4 nitrogen and oxygen atoms in total. The lowest BCUT2D eigenvalue weighted by Crippen LogP contribution is -2.24. The van der Waals surface area contributed by atoms with Gasteiger partial charge < -0.3 is 15.2 Å². The van der Waals surface area contributed by atoms with Crippen molar-refractivity contribution in [2.75, 3.05) is 26.3 Å². The number of hydrogen-bond donors (Lipinski definition) is 2. The molecule has 0 aliphatic heterocycles. The third-order valence-corrected chi connectivity index (χ3v) is 5.43. The quantitative estimate of drug-likeness (QED) is 0.337. The number of ether oxygens (including phenoxy) is 1. The van der Waals surface area contributed by atoms with Crippen LogP contribution in [0.1, 0.15) is 90.4 Å². The van der Waals surface area contributed by atoms with E-state index >= 15 is 0 Å². The fourth-order valence-electron chi connectivity index (χ4n) is 3.75. The molecule has 0 aromatic carbocycles. The Morgan fingerprint density at radius 3 is 2.40 bits per heavy atom. The number of unbranched alkanes of at least 4 members (excludes halogenated alkanes) is 6. The minimum Gasteiger partial charge on any atom is -0.465 e. The predicted molar refractivity (Wildman–Crippen MR) is 104 cm³/mol. The van der Waals surface area contributed by atoms with Crippen LogP contribution in [0.3, 0.4) is 0 Å². The van der Waals surface area contributed by atoms with Gasteiger partial charge in [0.15, 0.2) is 0 Å². The highest BCUT2D eigenvalue weighted by Crippen LogP contribution is 2.32. The van der Waals surface area contributed by atoms with Gasteiger partial charge in [-0.15, -0.1) is 0 Å². The van der Waals surface area contributed by atoms with Crippen molar-refractivity contribution in [3.8, 4) is 0 Å². The van der Waals surface area contributed by atoms with Gasteiger partial charge in [0.2, 0.25) is 0 Å². The lowest BCUT2D eigenvalue weighted by atomic mass is 9.80. The Labute approximate surface area is 155 Å². The van der Waals surface area contributed by atoms with Crippen LogP contribution in [-0.2, 0) is 9.53 Å². The van der Waals surface area contributed by atoms with Gasteiger partial charge in [-0.1, -0.05) is 51.9 Å². The number of carbonyl (C=O) groups excluding carboxylic acids is 1. The molecular formula is C21H41NO3. The van der Waals surface area contributed by atoms with Crippen molar-refractivity contribution in [3.05, 3.63) is 0 Å². The van der Waals surface area contributed by atoms with E-state index in [1.165, 1.54) is 51.4 Å². The van der Waals surface area contributed by atoms with E-state index in [0.717, 1.165) is 44.6 Å². The predicted octanol–water partition coefficient (Wildman–Crippen LogP) is 4.45. The standard InChI is InChI=1S/C21H41NO3/c1-2-3-7-10-19-11-13-20(14-12-19)21(24)25-18-9-6-4-5-8-15-22-16-17-23/h19-20,22-23H,2-18H2,1H3. The van der Waals surface area contributed by atoms with Gasteiger partial charge in [-0.05, 0) is 51.0 Å².